The molecule has 1 aliphatic rings. The molecule has 2 N–H and O–H groups in total. The molecule has 4 amide bonds. The summed E-state index contributed by atoms with van der Waals surface area (Å²) < 4.78 is 5.17. The summed E-state index contributed by atoms with van der Waals surface area (Å²) in [5.41, 5.74) is 1.63. The van der Waals surface area contributed by atoms with E-state index in [2.05, 4.69) is 36.6 Å². The van der Waals surface area contributed by atoms with Crippen LogP contribution in [0.25, 0.3) is 0 Å². The third-order valence-electron chi connectivity index (χ3n) is 6.21. The van der Waals surface area contributed by atoms with E-state index in [9.17, 15) is 14.4 Å². The molecule has 2 aromatic rings. The average Bonchev–Trinajstić information content (AvgIpc) is 3.01. The third-order valence-corrected chi connectivity index (χ3v) is 6.21. The normalized spacial score (nSPS) is 18.9. The number of imide groups is 1. The Morgan fingerprint density at radius 3 is 2.18 bits per heavy atom. The van der Waals surface area contributed by atoms with Gasteiger partial charge in [-0.15, -0.1) is 0 Å². The molecule has 7 nitrogen and oxygen atoms in total. The predicted octanol–water partition coefficient (Wildman–Crippen LogP) is 4.17. The van der Waals surface area contributed by atoms with Crippen molar-refractivity contribution in [1.82, 2.24) is 15.5 Å². The van der Waals surface area contributed by atoms with Crippen molar-refractivity contribution < 1.29 is 19.1 Å². The second-order valence-corrected chi connectivity index (χ2v) is 9.80. The first-order chi connectivity index (χ1) is 16.0. The molecule has 2 atom stereocenters. The van der Waals surface area contributed by atoms with Crippen LogP contribution < -0.4 is 15.4 Å². The zero-order valence-electron chi connectivity index (χ0n) is 20.8. The van der Waals surface area contributed by atoms with Gasteiger partial charge < -0.3 is 15.4 Å². The molecule has 0 aromatic heterocycles. The summed E-state index contributed by atoms with van der Waals surface area (Å²) in [4.78, 5) is 39.7. The standard InChI is InChI=1S/C27H35N3O4/c1-17(2)15-19-7-9-20(10-8-19)24(18(3)4)28-23(31)16-30-25(32)27(5,29-26(30)33)21-11-13-22(34-6)14-12-21/h7-14,17-18,24H,15-16H2,1-6H3,(H,28,31)(H,29,33). The molecule has 182 valence electrons. The lowest BCUT2D eigenvalue weighted by molar-refractivity contribution is -0.135. The van der Waals surface area contributed by atoms with E-state index in [1.165, 1.54) is 5.56 Å². The molecule has 0 bridgehead atoms. The molecule has 2 aromatic carbocycles. The third kappa shape index (κ3) is 5.41. The zero-order chi connectivity index (χ0) is 25.0. The lowest BCUT2D eigenvalue weighted by atomic mass is 9.92. The molecule has 7 heteroatoms. The number of carbonyl (C=O) groups is 3. The Kier molecular flexibility index (Phi) is 7.64. The summed E-state index contributed by atoms with van der Waals surface area (Å²) in [5, 5.41) is 5.75. The summed E-state index contributed by atoms with van der Waals surface area (Å²) in [5.74, 6) is 0.508. The number of methoxy groups -OCH3 is 1. The number of hydrogen-bond donors (Lipinski definition) is 2. The topological polar surface area (TPSA) is 87.7 Å². The van der Waals surface area contributed by atoms with Gasteiger partial charge in [0.15, 0.2) is 0 Å². The zero-order valence-corrected chi connectivity index (χ0v) is 20.8. The Morgan fingerprint density at radius 2 is 1.65 bits per heavy atom. The fourth-order valence-corrected chi connectivity index (χ4v) is 4.29. The maximum Gasteiger partial charge on any atom is 0.325 e. The van der Waals surface area contributed by atoms with Crippen molar-refractivity contribution in [1.29, 1.82) is 0 Å². The van der Waals surface area contributed by atoms with Gasteiger partial charge in [0.25, 0.3) is 5.91 Å². The van der Waals surface area contributed by atoms with Crippen molar-refractivity contribution in [2.75, 3.05) is 13.7 Å². The molecule has 34 heavy (non-hydrogen) atoms. The van der Waals surface area contributed by atoms with Crippen molar-refractivity contribution >= 4 is 17.8 Å². The van der Waals surface area contributed by atoms with E-state index in [1.807, 2.05) is 26.0 Å². The molecule has 0 radical (unpaired) electrons. The summed E-state index contributed by atoms with van der Waals surface area (Å²) in [6, 6.07) is 14.4. The monoisotopic (exact) mass is 465 g/mol. The lowest BCUT2D eigenvalue weighted by Gasteiger charge is -2.25. The van der Waals surface area contributed by atoms with Crippen molar-refractivity contribution in [3.63, 3.8) is 0 Å². The maximum absolute atomic E-state index is 13.2. The number of ether oxygens (including phenoxy) is 1. The largest absolute Gasteiger partial charge is 0.497 e. The van der Waals surface area contributed by atoms with Gasteiger partial charge in [-0.2, -0.15) is 0 Å². The van der Waals surface area contributed by atoms with Crippen LogP contribution in [0, 0.1) is 11.8 Å². The summed E-state index contributed by atoms with van der Waals surface area (Å²) >= 11 is 0. The van der Waals surface area contributed by atoms with Crippen LogP contribution >= 0.6 is 0 Å². The SMILES string of the molecule is COc1ccc(C2(C)NC(=O)N(CC(=O)NC(c3ccc(CC(C)C)cc3)C(C)C)C2=O)cc1. The molecular formula is C27H35N3O4. The van der Waals surface area contributed by atoms with Gasteiger partial charge in [0.05, 0.1) is 13.2 Å². The molecule has 1 heterocycles. The van der Waals surface area contributed by atoms with Crippen molar-refractivity contribution in [2.45, 2.75) is 52.6 Å². The average molecular weight is 466 g/mol. The highest BCUT2D eigenvalue weighted by Gasteiger charge is 2.49. The summed E-state index contributed by atoms with van der Waals surface area (Å²) in [6.45, 7) is 9.72. The highest BCUT2D eigenvalue weighted by Crippen LogP contribution is 2.30. The quantitative estimate of drug-likeness (QED) is 0.544. The molecular weight excluding hydrogens is 430 g/mol. The molecule has 1 saturated heterocycles. The molecule has 1 aliphatic heterocycles. The number of hydrogen-bond acceptors (Lipinski definition) is 4. The molecule has 2 unspecified atom stereocenters. The van der Waals surface area contributed by atoms with Gasteiger partial charge in [0.2, 0.25) is 5.91 Å². The highest BCUT2D eigenvalue weighted by atomic mass is 16.5. The summed E-state index contributed by atoms with van der Waals surface area (Å²) in [7, 11) is 1.56. The number of nitrogens with one attached hydrogen (secondary N) is 2. The van der Waals surface area contributed by atoms with Gasteiger partial charge in [-0.25, -0.2) is 4.79 Å². The number of amides is 4. The minimum atomic E-state index is -1.24. The van der Waals surface area contributed by atoms with E-state index in [0.29, 0.717) is 17.2 Å². The Hall–Kier alpha value is -3.35. The van der Waals surface area contributed by atoms with Gasteiger partial charge in [-0.05, 0) is 54.0 Å². The Labute approximate surface area is 201 Å². The van der Waals surface area contributed by atoms with E-state index in [-0.39, 0.29) is 24.4 Å². The molecule has 3 rings (SSSR count). The molecule has 0 spiro atoms. The van der Waals surface area contributed by atoms with Crippen LogP contribution in [0.1, 0.15) is 57.4 Å². The number of urea groups is 1. The number of carbonyl (C=O) groups excluding carboxylic acids is 3. The first-order valence-corrected chi connectivity index (χ1v) is 11.7. The maximum atomic E-state index is 13.2. The number of rotatable bonds is 9. The van der Waals surface area contributed by atoms with E-state index in [0.717, 1.165) is 16.9 Å². The minimum absolute atomic E-state index is 0.132. The minimum Gasteiger partial charge on any atom is -0.497 e. The van der Waals surface area contributed by atoms with Gasteiger partial charge in [-0.3, -0.25) is 14.5 Å². The van der Waals surface area contributed by atoms with Crippen LogP contribution in [0.3, 0.4) is 0 Å². The number of nitrogens with zero attached hydrogens (tertiary/aromatic N) is 1. The first-order valence-electron chi connectivity index (χ1n) is 11.7. The predicted molar refractivity (Wildman–Crippen MR) is 131 cm³/mol. The van der Waals surface area contributed by atoms with E-state index in [4.69, 9.17) is 4.74 Å². The van der Waals surface area contributed by atoms with Gasteiger partial charge in [0.1, 0.15) is 17.8 Å². The Balaban J connectivity index is 1.71. The molecule has 1 fully saturated rings. The fourth-order valence-electron chi connectivity index (χ4n) is 4.29. The van der Waals surface area contributed by atoms with Crippen molar-refractivity contribution in [3.05, 3.63) is 65.2 Å². The first kappa shape index (κ1) is 25.3. The van der Waals surface area contributed by atoms with Crippen LogP contribution in [0.5, 0.6) is 5.75 Å². The van der Waals surface area contributed by atoms with Gasteiger partial charge in [-0.1, -0.05) is 64.1 Å². The highest BCUT2D eigenvalue weighted by molar-refractivity contribution is 6.09. The van der Waals surface area contributed by atoms with Crippen molar-refractivity contribution in [3.8, 4) is 5.75 Å². The lowest BCUT2D eigenvalue weighted by Crippen LogP contribution is -2.44. The van der Waals surface area contributed by atoms with Crippen LogP contribution in [0.15, 0.2) is 48.5 Å². The van der Waals surface area contributed by atoms with Crippen LogP contribution in [-0.4, -0.2) is 36.4 Å². The second-order valence-electron chi connectivity index (χ2n) is 9.80. The molecule has 0 aliphatic carbocycles. The van der Waals surface area contributed by atoms with E-state index >= 15 is 0 Å². The Bertz CT molecular complexity index is 1030. The van der Waals surface area contributed by atoms with Crippen LogP contribution in [0.2, 0.25) is 0 Å². The Morgan fingerprint density at radius 1 is 1.03 bits per heavy atom. The van der Waals surface area contributed by atoms with Gasteiger partial charge in [0, 0.05) is 0 Å². The summed E-state index contributed by atoms with van der Waals surface area (Å²) in [6.07, 6.45) is 0.998. The second kappa shape index (κ2) is 10.3. The van der Waals surface area contributed by atoms with Crippen LogP contribution in [-0.2, 0) is 21.5 Å². The van der Waals surface area contributed by atoms with Gasteiger partial charge >= 0.3 is 6.03 Å². The van der Waals surface area contributed by atoms with Crippen LogP contribution in [0.4, 0.5) is 4.79 Å². The molecule has 0 saturated carbocycles. The smallest absolute Gasteiger partial charge is 0.325 e. The van der Waals surface area contributed by atoms with E-state index in [1.54, 1.807) is 38.3 Å². The van der Waals surface area contributed by atoms with Crippen molar-refractivity contribution in [2.24, 2.45) is 11.8 Å². The van der Waals surface area contributed by atoms with E-state index < -0.39 is 17.5 Å². The number of benzene rings is 2. The fraction of sp³-hybridized carbons (Fsp3) is 0.444.